The second-order valence-electron chi connectivity index (χ2n) is 8.13. The van der Waals surface area contributed by atoms with E-state index in [9.17, 15) is 9.59 Å². The summed E-state index contributed by atoms with van der Waals surface area (Å²) in [6.07, 6.45) is 2.96. The molecule has 0 bridgehead atoms. The molecule has 0 spiro atoms. The number of carbonyl (C=O) groups is 2. The predicted octanol–water partition coefficient (Wildman–Crippen LogP) is 2.50. The van der Waals surface area contributed by atoms with E-state index in [1.54, 1.807) is 0 Å². The van der Waals surface area contributed by atoms with Crippen molar-refractivity contribution in [2.45, 2.75) is 18.9 Å². The van der Waals surface area contributed by atoms with Crippen molar-refractivity contribution in [2.75, 3.05) is 39.3 Å². The Kier molecular flexibility index (Phi) is 6.85. The molecule has 8 heteroatoms. The van der Waals surface area contributed by atoms with Crippen LogP contribution in [0.25, 0.3) is 11.1 Å². The highest BCUT2D eigenvalue weighted by atomic mass is 35.5. The Morgan fingerprint density at radius 3 is 2.61 bits per heavy atom. The summed E-state index contributed by atoms with van der Waals surface area (Å²) in [5, 5.41) is 0.691. The number of carbonyl (C=O) groups excluding carboxylic acids is 2. The van der Waals surface area contributed by atoms with Gasteiger partial charge in [-0.15, -0.1) is 0 Å². The number of morpholine rings is 1. The fraction of sp³-hybridized carbons (Fsp3) is 0.435. The molecule has 7 nitrogen and oxygen atoms in total. The number of amides is 2. The average Bonchev–Trinajstić information content (AvgIpc) is 2.79. The van der Waals surface area contributed by atoms with Crippen molar-refractivity contribution in [1.82, 2.24) is 14.8 Å². The van der Waals surface area contributed by atoms with Crippen molar-refractivity contribution in [3.8, 4) is 11.1 Å². The number of halogens is 1. The Morgan fingerprint density at radius 2 is 1.94 bits per heavy atom. The van der Waals surface area contributed by atoms with Crippen molar-refractivity contribution in [1.29, 1.82) is 0 Å². The van der Waals surface area contributed by atoms with Gasteiger partial charge in [-0.2, -0.15) is 0 Å². The van der Waals surface area contributed by atoms with Gasteiger partial charge in [-0.25, -0.2) is 0 Å². The molecular formula is C23H27ClN4O3. The average molecular weight is 443 g/mol. The zero-order valence-corrected chi connectivity index (χ0v) is 18.1. The third-order valence-electron chi connectivity index (χ3n) is 6.03. The van der Waals surface area contributed by atoms with E-state index < -0.39 is 0 Å². The number of aromatic nitrogens is 1. The molecule has 1 aromatic heterocycles. The summed E-state index contributed by atoms with van der Waals surface area (Å²) in [5.41, 5.74) is 8.24. The van der Waals surface area contributed by atoms with Crippen LogP contribution >= 0.6 is 11.6 Å². The Bertz CT molecular complexity index is 929. The zero-order chi connectivity index (χ0) is 21.8. The Morgan fingerprint density at radius 1 is 1.13 bits per heavy atom. The quantitative estimate of drug-likeness (QED) is 0.768. The Balaban J connectivity index is 1.33. The summed E-state index contributed by atoms with van der Waals surface area (Å²) in [7, 11) is 0. The largest absolute Gasteiger partial charge is 0.369 e. The minimum atomic E-state index is -0.267. The number of nitrogens with zero attached hydrogens (tertiary/aromatic N) is 3. The van der Waals surface area contributed by atoms with Gasteiger partial charge in [0.15, 0.2) is 0 Å². The highest BCUT2D eigenvalue weighted by molar-refractivity contribution is 6.30. The maximum absolute atomic E-state index is 12.7. The maximum atomic E-state index is 12.7. The number of ether oxygens (including phenoxy) is 1. The number of pyridine rings is 1. The monoisotopic (exact) mass is 442 g/mol. The number of piperidine rings is 1. The summed E-state index contributed by atoms with van der Waals surface area (Å²) in [5.74, 6) is -0.289. The summed E-state index contributed by atoms with van der Waals surface area (Å²) < 4.78 is 5.92. The maximum Gasteiger partial charge on any atom is 0.236 e. The molecule has 4 rings (SSSR count). The number of likely N-dealkylation sites (tertiary alicyclic amines) is 1. The first-order valence-corrected chi connectivity index (χ1v) is 11.0. The molecular weight excluding hydrogens is 416 g/mol. The van der Waals surface area contributed by atoms with Gasteiger partial charge in [-0.3, -0.25) is 19.5 Å². The van der Waals surface area contributed by atoms with Crippen LogP contribution < -0.4 is 5.73 Å². The molecule has 0 unspecified atom stereocenters. The van der Waals surface area contributed by atoms with E-state index in [-0.39, 0.29) is 23.8 Å². The van der Waals surface area contributed by atoms with Gasteiger partial charge in [-0.1, -0.05) is 29.8 Å². The molecule has 2 aliphatic rings. The SMILES string of the molecule is NC(=O)C1CCN(C(=O)CN2CCO[C@H](c3ccc(-c4cccc(Cl)c4)cn3)C2)CC1. The first kappa shape index (κ1) is 21.7. The van der Waals surface area contributed by atoms with Gasteiger partial charge < -0.3 is 15.4 Å². The van der Waals surface area contributed by atoms with Crippen LogP contribution in [-0.2, 0) is 14.3 Å². The fourth-order valence-electron chi connectivity index (χ4n) is 4.16. The summed E-state index contributed by atoms with van der Waals surface area (Å²) >= 11 is 6.08. The van der Waals surface area contributed by atoms with E-state index in [0.29, 0.717) is 57.2 Å². The highest BCUT2D eigenvalue weighted by Gasteiger charge is 2.29. The molecule has 0 aliphatic carbocycles. The van der Waals surface area contributed by atoms with E-state index in [1.165, 1.54) is 0 Å². The molecule has 0 radical (unpaired) electrons. The number of rotatable bonds is 5. The van der Waals surface area contributed by atoms with Gasteiger partial charge >= 0.3 is 0 Å². The zero-order valence-electron chi connectivity index (χ0n) is 17.4. The van der Waals surface area contributed by atoms with Gasteiger partial charge in [0.05, 0.1) is 18.8 Å². The van der Waals surface area contributed by atoms with E-state index in [0.717, 1.165) is 16.8 Å². The molecule has 2 saturated heterocycles. The highest BCUT2D eigenvalue weighted by Crippen LogP contribution is 2.26. The topological polar surface area (TPSA) is 88.8 Å². The molecule has 2 amide bonds. The van der Waals surface area contributed by atoms with Crippen LogP contribution in [0.4, 0.5) is 0 Å². The van der Waals surface area contributed by atoms with Crippen LogP contribution in [0.5, 0.6) is 0 Å². The third-order valence-corrected chi connectivity index (χ3v) is 6.27. The number of hydrogen-bond acceptors (Lipinski definition) is 5. The number of hydrogen-bond donors (Lipinski definition) is 1. The molecule has 2 aliphatic heterocycles. The van der Waals surface area contributed by atoms with Gasteiger partial charge in [0, 0.05) is 48.9 Å². The van der Waals surface area contributed by atoms with Gasteiger partial charge in [0.25, 0.3) is 0 Å². The molecule has 1 aromatic carbocycles. The third kappa shape index (κ3) is 5.42. The lowest BCUT2D eigenvalue weighted by Crippen LogP contribution is -2.48. The van der Waals surface area contributed by atoms with Gasteiger partial charge in [-0.05, 0) is 36.6 Å². The molecule has 164 valence electrons. The summed E-state index contributed by atoms with van der Waals surface area (Å²) in [6.45, 7) is 3.41. The number of nitrogens with two attached hydrogens (primary N) is 1. The van der Waals surface area contributed by atoms with E-state index in [1.807, 2.05) is 47.5 Å². The van der Waals surface area contributed by atoms with E-state index >= 15 is 0 Å². The van der Waals surface area contributed by atoms with Crippen LogP contribution in [0.1, 0.15) is 24.6 Å². The minimum Gasteiger partial charge on any atom is -0.369 e. The van der Waals surface area contributed by atoms with Crippen LogP contribution in [0, 0.1) is 5.92 Å². The molecule has 2 N–H and O–H groups in total. The Hall–Kier alpha value is -2.48. The number of benzene rings is 1. The first-order valence-electron chi connectivity index (χ1n) is 10.6. The van der Waals surface area contributed by atoms with Gasteiger partial charge in [0.1, 0.15) is 6.10 Å². The van der Waals surface area contributed by atoms with Crippen LogP contribution in [0.15, 0.2) is 42.6 Å². The smallest absolute Gasteiger partial charge is 0.236 e. The summed E-state index contributed by atoms with van der Waals surface area (Å²) in [6, 6.07) is 11.7. The molecule has 0 saturated carbocycles. The van der Waals surface area contributed by atoms with Crippen molar-refractivity contribution in [3.05, 3.63) is 53.3 Å². The second kappa shape index (κ2) is 9.77. The van der Waals surface area contributed by atoms with Gasteiger partial charge in [0.2, 0.25) is 11.8 Å². The molecule has 2 fully saturated rings. The Labute approximate surface area is 187 Å². The van der Waals surface area contributed by atoms with E-state index in [2.05, 4.69) is 9.88 Å². The molecule has 1 atom stereocenters. The summed E-state index contributed by atoms with van der Waals surface area (Å²) in [4.78, 5) is 32.6. The fourth-order valence-corrected chi connectivity index (χ4v) is 4.35. The minimum absolute atomic E-state index is 0.0906. The van der Waals surface area contributed by atoms with Crippen LogP contribution in [-0.4, -0.2) is 65.9 Å². The lowest BCUT2D eigenvalue weighted by atomic mass is 9.96. The van der Waals surface area contributed by atoms with Crippen LogP contribution in [0.2, 0.25) is 5.02 Å². The van der Waals surface area contributed by atoms with Crippen molar-refractivity contribution in [2.24, 2.45) is 11.7 Å². The predicted molar refractivity (Wildman–Crippen MR) is 118 cm³/mol. The molecule has 3 heterocycles. The van der Waals surface area contributed by atoms with Crippen LogP contribution in [0.3, 0.4) is 0 Å². The molecule has 31 heavy (non-hydrogen) atoms. The lowest BCUT2D eigenvalue weighted by Gasteiger charge is -2.35. The molecule has 2 aromatic rings. The first-order chi connectivity index (χ1) is 15.0. The van der Waals surface area contributed by atoms with Crippen molar-refractivity contribution >= 4 is 23.4 Å². The van der Waals surface area contributed by atoms with Crippen molar-refractivity contribution < 1.29 is 14.3 Å². The lowest BCUT2D eigenvalue weighted by molar-refractivity contribution is -0.137. The normalized spacial score (nSPS) is 20.5. The van der Waals surface area contributed by atoms with Crippen molar-refractivity contribution in [3.63, 3.8) is 0 Å². The standard InChI is InChI=1S/C23H27ClN4O3/c24-19-3-1-2-17(12-19)18-4-5-20(26-13-18)21-14-27(10-11-31-21)15-22(29)28-8-6-16(7-9-28)23(25)30/h1-5,12-13,16,21H,6-11,14-15H2,(H2,25,30)/t21-/m0/s1. The number of primary amides is 1. The second-order valence-corrected chi connectivity index (χ2v) is 8.57. The van der Waals surface area contributed by atoms with E-state index in [4.69, 9.17) is 22.1 Å².